The van der Waals surface area contributed by atoms with Gasteiger partial charge in [-0.3, -0.25) is 0 Å². The Morgan fingerprint density at radius 1 is 0.462 bits per heavy atom. The maximum Gasteiger partial charge on any atom is 0.213 e. The summed E-state index contributed by atoms with van der Waals surface area (Å²) in [4.78, 5) is 0. The first kappa shape index (κ1) is 38.6. The predicted octanol–water partition coefficient (Wildman–Crippen LogP) is 8.14. The molecule has 3 aliphatic rings. The molecule has 0 amide bonds. The lowest BCUT2D eigenvalue weighted by molar-refractivity contribution is -0.464. The summed E-state index contributed by atoms with van der Waals surface area (Å²) in [6, 6.07) is 19.4. The number of unbranched alkanes of at least 4 members (excludes halogenated alkanes) is 10. The lowest BCUT2D eigenvalue weighted by Crippen LogP contribution is -2.57. The Bertz CT molecular complexity index is 1620. The molecule has 1 saturated carbocycles. The van der Waals surface area contributed by atoms with Gasteiger partial charge in [-0.05, 0) is 12.8 Å². The molecule has 0 aliphatic heterocycles. The highest BCUT2D eigenvalue weighted by atomic mass is 16.3. The van der Waals surface area contributed by atoms with E-state index in [-0.39, 0.29) is 45.3 Å². The first-order chi connectivity index (χ1) is 25.3. The van der Waals surface area contributed by atoms with E-state index in [9.17, 15) is 30.6 Å². The summed E-state index contributed by atoms with van der Waals surface area (Å²) < 4.78 is 4.02. The summed E-state index contributed by atoms with van der Waals surface area (Å²) >= 11 is 0. The number of para-hydroxylation sites is 2. The van der Waals surface area contributed by atoms with Crippen molar-refractivity contribution in [3.63, 3.8) is 0 Å². The summed E-state index contributed by atoms with van der Waals surface area (Å²) in [5.41, 5.74) is 2.04. The number of benzene rings is 2. The highest BCUT2D eigenvalue weighted by molar-refractivity contribution is 6.05. The van der Waals surface area contributed by atoms with Crippen molar-refractivity contribution in [1.82, 2.24) is 0 Å². The Hall–Kier alpha value is -4.66. The normalized spacial score (nSPS) is 18.8. The van der Waals surface area contributed by atoms with E-state index >= 15 is 0 Å². The van der Waals surface area contributed by atoms with Crippen LogP contribution in [0.5, 0.6) is 0 Å². The van der Waals surface area contributed by atoms with Gasteiger partial charge in [-0.1, -0.05) is 125 Å². The number of hydrogen-bond donors (Lipinski definition) is 4. The highest BCUT2D eigenvalue weighted by Gasteiger charge is 2.38. The van der Waals surface area contributed by atoms with Crippen molar-refractivity contribution in [2.75, 3.05) is 13.1 Å². The molecule has 52 heavy (non-hydrogen) atoms. The van der Waals surface area contributed by atoms with E-state index in [1.54, 1.807) is 0 Å². The van der Waals surface area contributed by atoms with E-state index in [0.717, 1.165) is 49.9 Å². The first-order valence-electron chi connectivity index (χ1n) is 19.1. The molecule has 1 fully saturated rings. The Morgan fingerprint density at radius 3 is 1.10 bits per heavy atom. The molecule has 0 bridgehead atoms. The smallest absolute Gasteiger partial charge is 0.213 e. The molecule has 8 heteroatoms. The zero-order chi connectivity index (χ0) is 37.0. The van der Waals surface area contributed by atoms with Gasteiger partial charge >= 0.3 is 0 Å². The molecule has 0 spiro atoms. The molecular formula is C44H54N2O6. The van der Waals surface area contributed by atoms with E-state index in [1.807, 2.05) is 69.8 Å². The quantitative estimate of drug-likeness (QED) is 0.103. The summed E-state index contributed by atoms with van der Waals surface area (Å²) in [7, 11) is 0. The molecule has 0 heterocycles. The Labute approximate surface area is 308 Å². The van der Waals surface area contributed by atoms with Crippen molar-refractivity contribution in [2.45, 2.75) is 103 Å². The SMILES string of the molecule is CCCCCCCC[N+](=C1C=C(O)C(=C2C([O-])C(=C3C(O)=CC(=[N+](CCCCCCCC)c4ccccc4)C=C3O)C2[O-])C(O)=C1)c1ccccc1. The number of aliphatic hydroxyl groups excluding tert-OH is 4. The fourth-order valence-electron chi connectivity index (χ4n) is 7.27. The van der Waals surface area contributed by atoms with Crippen molar-refractivity contribution in [1.29, 1.82) is 0 Å². The van der Waals surface area contributed by atoms with Crippen LogP contribution in [0.4, 0.5) is 11.4 Å². The van der Waals surface area contributed by atoms with Crippen molar-refractivity contribution >= 4 is 22.8 Å². The molecule has 5 rings (SSSR count). The van der Waals surface area contributed by atoms with Crippen LogP contribution in [-0.2, 0) is 0 Å². The van der Waals surface area contributed by atoms with Crippen LogP contribution in [0, 0.1) is 0 Å². The molecular weight excluding hydrogens is 652 g/mol. The lowest BCUT2D eigenvalue weighted by atomic mass is 9.71. The van der Waals surface area contributed by atoms with Gasteiger partial charge in [0.25, 0.3) is 0 Å². The summed E-state index contributed by atoms with van der Waals surface area (Å²) in [6.45, 7) is 5.69. The molecule has 4 N–H and O–H groups in total. The second kappa shape index (κ2) is 18.7. The van der Waals surface area contributed by atoms with Crippen LogP contribution in [0.15, 0.2) is 130 Å². The van der Waals surface area contributed by atoms with E-state index < -0.39 is 12.2 Å². The third-order valence-electron chi connectivity index (χ3n) is 10.1. The van der Waals surface area contributed by atoms with Gasteiger partial charge in [0.2, 0.25) is 22.8 Å². The van der Waals surface area contributed by atoms with E-state index in [2.05, 4.69) is 13.8 Å². The molecule has 276 valence electrons. The molecule has 2 aromatic carbocycles. The molecule has 3 aliphatic carbocycles. The van der Waals surface area contributed by atoms with Crippen LogP contribution >= 0.6 is 0 Å². The van der Waals surface area contributed by atoms with Gasteiger partial charge < -0.3 is 30.6 Å². The number of rotatable bonds is 16. The van der Waals surface area contributed by atoms with Gasteiger partial charge in [0, 0.05) is 37.1 Å². The van der Waals surface area contributed by atoms with Crippen LogP contribution in [0.2, 0.25) is 0 Å². The lowest BCUT2D eigenvalue weighted by Gasteiger charge is -2.54. The van der Waals surface area contributed by atoms with E-state index in [4.69, 9.17) is 0 Å². The summed E-state index contributed by atoms with van der Waals surface area (Å²) in [5, 5.41) is 72.3. The molecule has 8 nitrogen and oxygen atoms in total. The average molecular weight is 707 g/mol. The van der Waals surface area contributed by atoms with Crippen LogP contribution in [0.25, 0.3) is 0 Å². The molecule has 2 aromatic rings. The minimum absolute atomic E-state index is 0.190. The third kappa shape index (κ3) is 9.03. The molecule has 0 aromatic heterocycles. The number of hydrogen-bond acceptors (Lipinski definition) is 6. The highest BCUT2D eigenvalue weighted by Crippen LogP contribution is 2.42. The van der Waals surface area contributed by atoms with Gasteiger partial charge in [0.15, 0.2) is 0 Å². The zero-order valence-corrected chi connectivity index (χ0v) is 30.6. The van der Waals surface area contributed by atoms with Crippen LogP contribution < -0.4 is 10.2 Å². The van der Waals surface area contributed by atoms with Crippen molar-refractivity contribution in [3.05, 3.63) is 130 Å². The molecule has 0 unspecified atom stereocenters. The molecule has 0 atom stereocenters. The number of aliphatic hydroxyl groups is 4. The summed E-state index contributed by atoms with van der Waals surface area (Å²) in [5.74, 6) is -1.48. The zero-order valence-electron chi connectivity index (χ0n) is 30.6. The molecule has 0 saturated heterocycles. The van der Waals surface area contributed by atoms with Gasteiger partial charge in [-0.25, -0.2) is 0 Å². The van der Waals surface area contributed by atoms with Crippen molar-refractivity contribution in [2.24, 2.45) is 0 Å². The second-order valence-corrected chi connectivity index (χ2v) is 13.9. The van der Waals surface area contributed by atoms with E-state index in [1.165, 1.54) is 62.8 Å². The topological polar surface area (TPSA) is 133 Å². The first-order valence-corrected chi connectivity index (χ1v) is 19.1. The molecule has 0 radical (unpaired) electrons. The fourth-order valence-corrected chi connectivity index (χ4v) is 7.27. The standard InChI is InChI=1S/C44H52N2O6/c1-3-5-7-9-11-19-25-45(31-21-15-13-16-22-31)33-27-35(47)39(36(48)28-33)41-43(51)42(44(41)52)40-37(49)29-34(30-38(40)50)46(32-23-17-14-18-24-32)26-20-12-10-8-6-4-2/h13-18,21-24,27-30,43-44H,3-12,19-20,25-26H2,1-2H3,(H2,47,48,49,50)/q-2/p+2. The predicted molar refractivity (Wildman–Crippen MR) is 204 cm³/mol. The Balaban J connectivity index is 1.42. The second-order valence-electron chi connectivity index (χ2n) is 13.9. The maximum absolute atomic E-state index is 13.7. The fraction of sp³-hybridized carbons (Fsp3) is 0.409. The summed E-state index contributed by atoms with van der Waals surface area (Å²) in [6.07, 6.45) is 15.7. The van der Waals surface area contributed by atoms with Crippen LogP contribution in [0.3, 0.4) is 0 Å². The van der Waals surface area contributed by atoms with Gasteiger partial charge in [-0.2, -0.15) is 9.15 Å². The van der Waals surface area contributed by atoms with Gasteiger partial charge in [0.05, 0.1) is 35.5 Å². The monoisotopic (exact) mass is 706 g/mol. The van der Waals surface area contributed by atoms with E-state index in [0.29, 0.717) is 24.5 Å². The maximum atomic E-state index is 13.7. The van der Waals surface area contributed by atoms with Gasteiger partial charge in [0.1, 0.15) is 36.1 Å². The van der Waals surface area contributed by atoms with Crippen LogP contribution in [0.1, 0.15) is 90.9 Å². The number of allylic oxidation sites excluding steroid dienone is 4. The Morgan fingerprint density at radius 2 is 0.769 bits per heavy atom. The minimum atomic E-state index is -1.77. The van der Waals surface area contributed by atoms with Crippen LogP contribution in [-0.4, -0.2) is 66.3 Å². The largest absolute Gasteiger partial charge is 0.846 e. The van der Waals surface area contributed by atoms with Gasteiger partial charge in [-0.15, -0.1) is 0 Å². The minimum Gasteiger partial charge on any atom is -0.846 e. The van der Waals surface area contributed by atoms with Crippen molar-refractivity contribution < 1.29 is 39.8 Å². The van der Waals surface area contributed by atoms with Crippen molar-refractivity contribution in [3.8, 4) is 0 Å². The third-order valence-corrected chi connectivity index (χ3v) is 10.1. The average Bonchev–Trinajstić information content (AvgIpc) is 3.14. The number of nitrogens with zero attached hydrogens (tertiary/aromatic N) is 2. The Kier molecular flexibility index (Phi) is 13.9.